The average Bonchev–Trinajstić information content (AvgIpc) is 3.28. The molecule has 2 aromatic carbocycles. The van der Waals surface area contributed by atoms with E-state index in [4.69, 9.17) is 16.3 Å². The first-order valence-electron chi connectivity index (χ1n) is 11.8. The minimum absolute atomic E-state index is 0.0475. The lowest BCUT2D eigenvalue weighted by Gasteiger charge is -2.31. The van der Waals surface area contributed by atoms with E-state index < -0.39 is 27.3 Å². The van der Waals surface area contributed by atoms with E-state index in [1.54, 1.807) is 24.3 Å². The molecular formula is C24H23ClF4N4O4S. The van der Waals surface area contributed by atoms with Crippen LogP contribution in [0.5, 0.6) is 11.9 Å². The van der Waals surface area contributed by atoms with Crippen LogP contribution in [0.15, 0.2) is 30.3 Å². The standard InChI is InChI=1S/C24H23ClF4N4O4S/c1-32-10-3-5-15(32)13-36-23-30-18-12-33(19-6-2-4-14-7-8-17(26)21(25)20(14)19)11-9-16(18)22(31-23)37-38(34,35)24(27,28)29/h2,4,6-8,15H,3,5,9-13H2,1H3. The number of fused-ring (bicyclic) bond motifs is 2. The number of ether oxygens (including phenoxy) is 1. The molecule has 5 rings (SSSR count). The van der Waals surface area contributed by atoms with Gasteiger partial charge in [-0.1, -0.05) is 29.8 Å². The molecule has 3 aromatic rings. The summed E-state index contributed by atoms with van der Waals surface area (Å²) < 4.78 is 87.4. The van der Waals surface area contributed by atoms with E-state index >= 15 is 0 Å². The first-order valence-corrected chi connectivity index (χ1v) is 13.6. The van der Waals surface area contributed by atoms with Crippen molar-refractivity contribution in [3.63, 3.8) is 0 Å². The van der Waals surface area contributed by atoms with Gasteiger partial charge in [-0.25, -0.2) is 4.39 Å². The van der Waals surface area contributed by atoms with Gasteiger partial charge in [0.15, 0.2) is 0 Å². The van der Waals surface area contributed by atoms with Gasteiger partial charge in [-0.05, 0) is 50.4 Å². The smallest absolute Gasteiger partial charge is 0.462 e. The van der Waals surface area contributed by atoms with Crippen LogP contribution in [0.3, 0.4) is 0 Å². The number of hydrogen-bond donors (Lipinski definition) is 0. The van der Waals surface area contributed by atoms with Crippen LogP contribution >= 0.6 is 11.6 Å². The molecule has 2 aliphatic rings. The zero-order chi connectivity index (χ0) is 27.2. The maximum Gasteiger partial charge on any atom is 0.534 e. The summed E-state index contributed by atoms with van der Waals surface area (Å²) in [6.45, 7) is 1.33. The molecule has 1 aromatic heterocycles. The third-order valence-corrected chi connectivity index (χ3v) is 8.12. The van der Waals surface area contributed by atoms with Crippen molar-refractivity contribution < 1.29 is 34.9 Å². The van der Waals surface area contributed by atoms with Crippen molar-refractivity contribution in [1.29, 1.82) is 0 Å². The second-order valence-corrected chi connectivity index (χ2v) is 11.1. The number of anilines is 1. The quantitative estimate of drug-likeness (QED) is 0.238. The number of halogens is 5. The van der Waals surface area contributed by atoms with Crippen LogP contribution in [0.25, 0.3) is 10.8 Å². The van der Waals surface area contributed by atoms with Gasteiger partial charge < -0.3 is 18.7 Å². The Bertz CT molecular complexity index is 1490. The summed E-state index contributed by atoms with van der Waals surface area (Å²) in [5.74, 6) is -1.31. The number of rotatable bonds is 6. The zero-order valence-corrected chi connectivity index (χ0v) is 21.7. The van der Waals surface area contributed by atoms with Crippen LogP contribution in [-0.2, 0) is 23.1 Å². The van der Waals surface area contributed by atoms with E-state index in [-0.39, 0.29) is 54.4 Å². The molecule has 14 heteroatoms. The lowest BCUT2D eigenvalue weighted by atomic mass is 10.0. The Labute approximate surface area is 221 Å². The van der Waals surface area contributed by atoms with Gasteiger partial charge in [0.25, 0.3) is 0 Å². The molecule has 2 aliphatic heterocycles. The van der Waals surface area contributed by atoms with Crippen molar-refractivity contribution >= 4 is 38.2 Å². The Morgan fingerprint density at radius 2 is 1.95 bits per heavy atom. The molecule has 8 nitrogen and oxygen atoms in total. The first kappa shape index (κ1) is 26.7. The number of hydrogen-bond acceptors (Lipinski definition) is 8. The summed E-state index contributed by atoms with van der Waals surface area (Å²) >= 11 is 6.29. The Morgan fingerprint density at radius 1 is 1.16 bits per heavy atom. The number of benzene rings is 2. The van der Waals surface area contributed by atoms with Gasteiger partial charge in [0.05, 0.1) is 17.3 Å². The maximum absolute atomic E-state index is 14.3. The van der Waals surface area contributed by atoms with E-state index in [9.17, 15) is 26.0 Å². The Kier molecular flexibility index (Phi) is 7.03. The lowest BCUT2D eigenvalue weighted by molar-refractivity contribution is -0.0502. The van der Waals surface area contributed by atoms with Gasteiger partial charge in [0, 0.05) is 29.2 Å². The second-order valence-electron chi connectivity index (χ2n) is 9.22. The highest BCUT2D eigenvalue weighted by Gasteiger charge is 2.49. The Hall–Kier alpha value is -2.90. The number of nitrogens with zero attached hydrogens (tertiary/aromatic N) is 4. The van der Waals surface area contributed by atoms with Crippen LogP contribution in [0.4, 0.5) is 23.2 Å². The van der Waals surface area contributed by atoms with Crippen LogP contribution in [0.1, 0.15) is 24.1 Å². The predicted octanol–water partition coefficient (Wildman–Crippen LogP) is 4.69. The summed E-state index contributed by atoms with van der Waals surface area (Å²) in [4.78, 5) is 12.2. The van der Waals surface area contributed by atoms with Gasteiger partial charge in [-0.3, -0.25) is 0 Å². The minimum Gasteiger partial charge on any atom is -0.462 e. The second kappa shape index (κ2) is 10.0. The van der Waals surface area contributed by atoms with Gasteiger partial charge in [0.1, 0.15) is 12.4 Å². The summed E-state index contributed by atoms with van der Waals surface area (Å²) in [6.07, 6.45) is 1.89. The van der Waals surface area contributed by atoms with Gasteiger partial charge in [-0.15, -0.1) is 0 Å². The van der Waals surface area contributed by atoms with Crippen molar-refractivity contribution in [3.05, 3.63) is 52.4 Å². The molecule has 204 valence electrons. The van der Waals surface area contributed by atoms with Gasteiger partial charge in [0.2, 0.25) is 5.88 Å². The topological polar surface area (TPSA) is 84.9 Å². The minimum atomic E-state index is -5.97. The molecule has 0 spiro atoms. The summed E-state index contributed by atoms with van der Waals surface area (Å²) in [6, 6.07) is 7.94. The molecule has 1 unspecified atom stereocenters. The highest BCUT2D eigenvalue weighted by atomic mass is 35.5. The fourth-order valence-corrected chi connectivity index (χ4v) is 5.49. The molecule has 1 atom stereocenters. The van der Waals surface area contributed by atoms with Crippen molar-refractivity contribution in [2.24, 2.45) is 0 Å². The monoisotopic (exact) mass is 574 g/mol. The Balaban J connectivity index is 1.52. The summed E-state index contributed by atoms with van der Waals surface area (Å²) in [7, 11) is -4.05. The van der Waals surface area contributed by atoms with Crippen molar-refractivity contribution in [1.82, 2.24) is 14.9 Å². The molecule has 1 saturated heterocycles. The van der Waals surface area contributed by atoms with Crippen LogP contribution < -0.4 is 13.8 Å². The molecule has 0 saturated carbocycles. The summed E-state index contributed by atoms with van der Waals surface area (Å²) in [5.41, 5.74) is -4.69. The Morgan fingerprint density at radius 3 is 2.66 bits per heavy atom. The molecule has 0 bridgehead atoms. The average molecular weight is 575 g/mol. The number of aromatic nitrogens is 2. The molecular weight excluding hydrogens is 552 g/mol. The lowest BCUT2D eigenvalue weighted by Crippen LogP contribution is -2.34. The largest absolute Gasteiger partial charge is 0.534 e. The van der Waals surface area contributed by atoms with Crippen molar-refractivity contribution in [2.75, 3.05) is 31.6 Å². The van der Waals surface area contributed by atoms with E-state index in [0.717, 1.165) is 19.4 Å². The SMILES string of the molecule is CN1CCCC1COc1nc2c(c(OS(=O)(=O)C(F)(F)F)n1)CCN(c1cccc3ccc(F)c(Cl)c13)C2. The highest BCUT2D eigenvalue weighted by Crippen LogP contribution is 2.38. The predicted molar refractivity (Wildman–Crippen MR) is 132 cm³/mol. The van der Waals surface area contributed by atoms with E-state index in [2.05, 4.69) is 19.1 Å². The maximum atomic E-state index is 14.3. The molecule has 3 heterocycles. The third-order valence-electron chi connectivity index (χ3n) is 6.81. The molecule has 0 radical (unpaired) electrons. The number of likely N-dealkylation sites (N-methyl/N-ethyl adjacent to an activating group) is 1. The fraction of sp³-hybridized carbons (Fsp3) is 0.417. The first-order chi connectivity index (χ1) is 17.9. The number of likely N-dealkylation sites (tertiary alicyclic amines) is 1. The van der Waals surface area contributed by atoms with E-state index in [1.165, 1.54) is 6.07 Å². The van der Waals surface area contributed by atoms with Crippen LogP contribution in [0, 0.1) is 5.82 Å². The molecule has 0 amide bonds. The molecule has 0 N–H and O–H groups in total. The zero-order valence-electron chi connectivity index (χ0n) is 20.1. The number of alkyl halides is 3. The van der Waals surface area contributed by atoms with E-state index in [1.807, 2.05) is 11.9 Å². The third kappa shape index (κ3) is 5.06. The molecule has 1 fully saturated rings. The normalized spacial score (nSPS) is 18.6. The fourth-order valence-electron chi connectivity index (χ4n) is 4.78. The highest BCUT2D eigenvalue weighted by molar-refractivity contribution is 7.87. The van der Waals surface area contributed by atoms with Crippen LogP contribution in [-0.4, -0.2) is 61.6 Å². The molecule has 0 aliphatic carbocycles. The van der Waals surface area contributed by atoms with Gasteiger partial charge >= 0.3 is 21.6 Å². The van der Waals surface area contributed by atoms with Crippen molar-refractivity contribution in [2.45, 2.75) is 37.4 Å². The molecule has 38 heavy (non-hydrogen) atoms. The van der Waals surface area contributed by atoms with E-state index in [0.29, 0.717) is 16.5 Å². The van der Waals surface area contributed by atoms with Crippen molar-refractivity contribution in [3.8, 4) is 11.9 Å². The summed E-state index contributed by atoms with van der Waals surface area (Å²) in [5, 5.41) is 1.12. The van der Waals surface area contributed by atoms with Crippen LogP contribution in [0.2, 0.25) is 5.02 Å². The van der Waals surface area contributed by atoms with Gasteiger partial charge in [-0.2, -0.15) is 31.6 Å².